The van der Waals surface area contributed by atoms with E-state index in [1.165, 1.54) is 23.9 Å². The summed E-state index contributed by atoms with van der Waals surface area (Å²) < 4.78 is 26.2. The fourth-order valence-corrected chi connectivity index (χ4v) is 5.29. The van der Waals surface area contributed by atoms with Gasteiger partial charge in [-0.15, -0.1) is 11.8 Å². The standard InChI is InChI=1S/C19H20BrN3O4S2/c1-12-2-6-14(7-3-12)22-17(24)11-28-19-21-10-16(18(25)23-19)29(26,27)15-8-4-13(20)5-9-15/h2-9,16,19,21H,10-11H2,1H3,(H,22,24)(H,23,25). The maximum Gasteiger partial charge on any atom is 0.241 e. The average Bonchev–Trinajstić information content (AvgIpc) is 2.68. The summed E-state index contributed by atoms with van der Waals surface area (Å²) in [6.45, 7) is 1.94. The second kappa shape index (κ2) is 9.29. The van der Waals surface area contributed by atoms with E-state index in [0.29, 0.717) is 5.69 Å². The van der Waals surface area contributed by atoms with Crippen LogP contribution in [-0.2, 0) is 19.4 Å². The van der Waals surface area contributed by atoms with Crippen LogP contribution in [0.25, 0.3) is 0 Å². The van der Waals surface area contributed by atoms with Crippen molar-refractivity contribution < 1.29 is 18.0 Å². The number of halogens is 1. The molecule has 2 aromatic rings. The highest BCUT2D eigenvalue weighted by atomic mass is 79.9. The lowest BCUT2D eigenvalue weighted by Gasteiger charge is -2.29. The Bertz CT molecular complexity index is 995. The van der Waals surface area contributed by atoms with Crippen molar-refractivity contribution in [3.8, 4) is 0 Å². The number of carbonyl (C=O) groups is 2. The lowest BCUT2D eigenvalue weighted by molar-refractivity contribution is -0.122. The predicted octanol–water partition coefficient (Wildman–Crippen LogP) is 2.27. The lowest BCUT2D eigenvalue weighted by Crippen LogP contribution is -2.59. The van der Waals surface area contributed by atoms with Crippen molar-refractivity contribution >= 4 is 55.0 Å². The largest absolute Gasteiger partial charge is 0.331 e. The smallest absolute Gasteiger partial charge is 0.241 e. The molecule has 10 heteroatoms. The first-order valence-electron chi connectivity index (χ1n) is 8.77. The molecule has 1 fully saturated rings. The van der Waals surface area contributed by atoms with Crippen molar-refractivity contribution in [2.24, 2.45) is 0 Å². The maximum atomic E-state index is 12.7. The van der Waals surface area contributed by atoms with Crippen LogP contribution in [0.3, 0.4) is 0 Å². The Labute approximate surface area is 182 Å². The Hall–Kier alpha value is -1.88. The number of hydrogen-bond acceptors (Lipinski definition) is 6. The van der Waals surface area contributed by atoms with Crippen molar-refractivity contribution in [1.82, 2.24) is 10.6 Å². The van der Waals surface area contributed by atoms with Crippen LogP contribution in [0, 0.1) is 6.92 Å². The normalized spacial score (nSPS) is 19.4. The number of aryl methyl sites for hydroxylation is 1. The number of carbonyl (C=O) groups excluding carboxylic acids is 2. The summed E-state index contributed by atoms with van der Waals surface area (Å²) in [5.41, 5.74) is 1.25. The number of anilines is 1. The minimum Gasteiger partial charge on any atom is -0.331 e. The molecule has 7 nitrogen and oxygen atoms in total. The average molecular weight is 498 g/mol. The van der Waals surface area contributed by atoms with Gasteiger partial charge in [-0.2, -0.15) is 0 Å². The highest BCUT2D eigenvalue weighted by Crippen LogP contribution is 2.22. The topological polar surface area (TPSA) is 104 Å². The van der Waals surface area contributed by atoms with Gasteiger partial charge in [0.2, 0.25) is 11.8 Å². The Balaban J connectivity index is 1.53. The summed E-state index contributed by atoms with van der Waals surface area (Å²) in [6, 6.07) is 13.6. The number of nitrogens with one attached hydrogen (secondary N) is 3. The first kappa shape index (κ1) is 21.8. The first-order valence-corrected chi connectivity index (χ1v) is 12.2. The molecule has 0 saturated carbocycles. The summed E-state index contributed by atoms with van der Waals surface area (Å²) in [4.78, 5) is 24.6. The summed E-state index contributed by atoms with van der Waals surface area (Å²) in [5.74, 6) is -0.682. The molecule has 1 aliphatic rings. The van der Waals surface area contributed by atoms with Gasteiger partial charge in [-0.1, -0.05) is 33.6 Å². The van der Waals surface area contributed by atoms with E-state index in [2.05, 4.69) is 31.9 Å². The minimum absolute atomic E-state index is 0.0263. The predicted molar refractivity (Wildman–Crippen MR) is 117 cm³/mol. The van der Waals surface area contributed by atoms with Crippen LogP contribution in [0.15, 0.2) is 57.9 Å². The van der Waals surface area contributed by atoms with Gasteiger partial charge in [-0.05, 0) is 43.3 Å². The van der Waals surface area contributed by atoms with E-state index in [9.17, 15) is 18.0 Å². The molecule has 0 spiro atoms. The molecule has 2 amide bonds. The summed E-state index contributed by atoms with van der Waals surface area (Å²) >= 11 is 4.44. The molecular formula is C19H20BrN3O4S2. The highest BCUT2D eigenvalue weighted by Gasteiger charge is 2.38. The number of hydrogen-bond donors (Lipinski definition) is 3. The van der Waals surface area contributed by atoms with E-state index in [-0.39, 0.29) is 23.1 Å². The molecule has 2 atom stereocenters. The first-order chi connectivity index (χ1) is 13.8. The van der Waals surface area contributed by atoms with Gasteiger partial charge in [0, 0.05) is 16.7 Å². The molecule has 3 N–H and O–H groups in total. The van der Waals surface area contributed by atoms with Gasteiger partial charge >= 0.3 is 0 Å². The minimum atomic E-state index is -3.81. The number of sulfone groups is 1. The van der Waals surface area contributed by atoms with Crippen molar-refractivity contribution in [2.45, 2.75) is 22.6 Å². The quantitative estimate of drug-likeness (QED) is 0.565. The van der Waals surface area contributed by atoms with E-state index in [4.69, 9.17) is 0 Å². The second-order valence-electron chi connectivity index (χ2n) is 6.51. The van der Waals surface area contributed by atoms with E-state index < -0.39 is 26.5 Å². The van der Waals surface area contributed by atoms with Crippen molar-refractivity contribution in [2.75, 3.05) is 17.6 Å². The van der Waals surface area contributed by atoms with Gasteiger partial charge < -0.3 is 10.6 Å². The van der Waals surface area contributed by atoms with Gasteiger partial charge in [0.15, 0.2) is 15.1 Å². The Morgan fingerprint density at radius 1 is 1.17 bits per heavy atom. The molecule has 29 heavy (non-hydrogen) atoms. The molecule has 0 bridgehead atoms. The molecule has 2 unspecified atom stereocenters. The van der Waals surface area contributed by atoms with Crippen LogP contribution in [0.1, 0.15) is 5.56 Å². The van der Waals surface area contributed by atoms with Crippen LogP contribution < -0.4 is 16.0 Å². The van der Waals surface area contributed by atoms with Gasteiger partial charge in [-0.3, -0.25) is 14.9 Å². The van der Waals surface area contributed by atoms with Gasteiger partial charge in [0.25, 0.3) is 0 Å². The lowest BCUT2D eigenvalue weighted by atomic mass is 10.2. The molecule has 0 aliphatic carbocycles. The fourth-order valence-electron chi connectivity index (χ4n) is 2.71. The van der Waals surface area contributed by atoms with E-state index >= 15 is 0 Å². The number of rotatable bonds is 6. The van der Waals surface area contributed by atoms with Crippen LogP contribution in [0.5, 0.6) is 0 Å². The van der Waals surface area contributed by atoms with E-state index in [1.807, 2.05) is 31.2 Å². The Morgan fingerprint density at radius 3 is 2.45 bits per heavy atom. The highest BCUT2D eigenvalue weighted by molar-refractivity contribution is 9.10. The molecule has 1 saturated heterocycles. The molecule has 1 aliphatic heterocycles. The van der Waals surface area contributed by atoms with Crippen LogP contribution in [0.2, 0.25) is 0 Å². The van der Waals surface area contributed by atoms with Crippen molar-refractivity contribution in [1.29, 1.82) is 0 Å². The molecule has 1 heterocycles. The number of benzene rings is 2. The number of thioether (sulfide) groups is 1. The van der Waals surface area contributed by atoms with Crippen LogP contribution in [-0.4, -0.2) is 43.3 Å². The SMILES string of the molecule is Cc1ccc(NC(=O)CSC2NCC(S(=O)(=O)c3ccc(Br)cc3)C(=O)N2)cc1. The Morgan fingerprint density at radius 2 is 1.83 bits per heavy atom. The van der Waals surface area contributed by atoms with Crippen molar-refractivity contribution in [3.63, 3.8) is 0 Å². The number of amides is 2. The maximum absolute atomic E-state index is 12.7. The zero-order valence-corrected chi connectivity index (χ0v) is 18.7. The summed E-state index contributed by atoms with van der Waals surface area (Å²) in [6.07, 6.45) is 0. The molecule has 154 valence electrons. The monoisotopic (exact) mass is 497 g/mol. The summed E-state index contributed by atoms with van der Waals surface area (Å²) in [7, 11) is -3.81. The third-order valence-corrected chi connectivity index (χ3v) is 7.92. The third kappa shape index (κ3) is 5.59. The molecular weight excluding hydrogens is 478 g/mol. The van der Waals surface area contributed by atoms with Gasteiger partial charge in [-0.25, -0.2) is 8.42 Å². The second-order valence-corrected chi connectivity index (χ2v) is 10.6. The molecule has 3 rings (SSSR count). The van der Waals surface area contributed by atoms with Gasteiger partial charge in [0.1, 0.15) is 5.50 Å². The molecule has 0 aromatic heterocycles. The van der Waals surface area contributed by atoms with Crippen LogP contribution in [0.4, 0.5) is 5.69 Å². The van der Waals surface area contributed by atoms with Crippen LogP contribution >= 0.6 is 27.7 Å². The van der Waals surface area contributed by atoms with Gasteiger partial charge in [0.05, 0.1) is 10.6 Å². The molecule has 0 radical (unpaired) electrons. The van der Waals surface area contributed by atoms with E-state index in [0.717, 1.165) is 10.0 Å². The third-order valence-electron chi connectivity index (χ3n) is 4.29. The van der Waals surface area contributed by atoms with Crippen molar-refractivity contribution in [3.05, 3.63) is 58.6 Å². The van der Waals surface area contributed by atoms with E-state index in [1.54, 1.807) is 12.1 Å². The zero-order valence-electron chi connectivity index (χ0n) is 15.5. The fraction of sp³-hybridized carbons (Fsp3) is 0.263. The summed E-state index contributed by atoms with van der Waals surface area (Å²) in [5, 5.41) is 7.16. The molecule has 2 aromatic carbocycles. The zero-order chi connectivity index (χ0) is 21.0. The Kier molecular flexibility index (Phi) is 6.99.